The monoisotopic (exact) mass is 381 g/mol. The second-order valence-electron chi connectivity index (χ2n) is 7.31. The van der Waals surface area contributed by atoms with Crippen molar-refractivity contribution < 1.29 is 14.0 Å². The van der Waals surface area contributed by atoms with Crippen molar-refractivity contribution in [2.75, 3.05) is 37.6 Å². The summed E-state index contributed by atoms with van der Waals surface area (Å²) in [6, 6.07) is 16.2. The third-order valence-electron chi connectivity index (χ3n) is 5.64. The maximum absolute atomic E-state index is 14.0. The number of nitrogens with zero attached hydrogens (tertiary/aromatic N) is 3. The summed E-state index contributed by atoms with van der Waals surface area (Å²) in [5.41, 5.74) is 1.71. The van der Waals surface area contributed by atoms with Crippen LogP contribution in [0.4, 0.5) is 10.1 Å². The zero-order chi connectivity index (χ0) is 19.5. The fraction of sp³-hybridized carbons (Fsp3) is 0.364. The van der Waals surface area contributed by atoms with Crippen molar-refractivity contribution in [2.45, 2.75) is 18.9 Å². The van der Waals surface area contributed by atoms with Crippen LogP contribution in [0.1, 0.15) is 12.0 Å². The van der Waals surface area contributed by atoms with Gasteiger partial charge in [-0.15, -0.1) is 0 Å². The molecule has 2 aromatic rings. The summed E-state index contributed by atoms with van der Waals surface area (Å²) in [4.78, 5) is 30.7. The van der Waals surface area contributed by atoms with Gasteiger partial charge in [-0.05, 0) is 24.1 Å². The van der Waals surface area contributed by atoms with E-state index in [4.69, 9.17) is 0 Å². The minimum absolute atomic E-state index is 0.0949. The fourth-order valence-electron chi connectivity index (χ4n) is 4.05. The van der Waals surface area contributed by atoms with Crippen LogP contribution in [-0.4, -0.2) is 60.4 Å². The highest BCUT2D eigenvalue weighted by Gasteiger charge is 2.42. The van der Waals surface area contributed by atoms with E-state index in [0.29, 0.717) is 44.8 Å². The molecule has 2 amide bonds. The van der Waals surface area contributed by atoms with Gasteiger partial charge in [0.2, 0.25) is 11.8 Å². The van der Waals surface area contributed by atoms with Crippen LogP contribution < -0.4 is 4.90 Å². The van der Waals surface area contributed by atoms with E-state index in [2.05, 4.69) is 4.90 Å². The summed E-state index contributed by atoms with van der Waals surface area (Å²) in [6.45, 7) is 2.99. The molecule has 146 valence electrons. The molecular weight excluding hydrogens is 357 g/mol. The van der Waals surface area contributed by atoms with Crippen LogP contribution >= 0.6 is 0 Å². The molecule has 0 aliphatic carbocycles. The molecule has 0 unspecified atom stereocenters. The normalized spacial score (nSPS) is 20.8. The average Bonchev–Trinajstić information content (AvgIpc) is 3.01. The van der Waals surface area contributed by atoms with Gasteiger partial charge in [0, 0.05) is 32.7 Å². The molecule has 2 heterocycles. The van der Waals surface area contributed by atoms with Crippen LogP contribution in [0, 0.1) is 5.82 Å². The van der Waals surface area contributed by atoms with Crippen molar-refractivity contribution in [3.63, 3.8) is 0 Å². The Morgan fingerprint density at radius 3 is 2.29 bits per heavy atom. The van der Waals surface area contributed by atoms with Crippen molar-refractivity contribution in [1.29, 1.82) is 0 Å². The molecule has 2 aliphatic heterocycles. The number of anilines is 1. The fourth-order valence-corrected chi connectivity index (χ4v) is 4.05. The molecule has 4 rings (SSSR count). The summed E-state index contributed by atoms with van der Waals surface area (Å²) < 4.78 is 14.0. The minimum Gasteiger partial charge on any atom is -0.367 e. The lowest BCUT2D eigenvalue weighted by molar-refractivity contribution is -0.139. The number of likely N-dealkylation sites (tertiary alicyclic amines) is 1. The quantitative estimate of drug-likeness (QED) is 0.746. The second kappa shape index (κ2) is 8.10. The van der Waals surface area contributed by atoms with Gasteiger partial charge in [0.25, 0.3) is 0 Å². The topological polar surface area (TPSA) is 43.9 Å². The van der Waals surface area contributed by atoms with Gasteiger partial charge in [0.1, 0.15) is 5.82 Å². The molecule has 1 atom stereocenters. The number of imide groups is 1. The van der Waals surface area contributed by atoms with Gasteiger partial charge in [-0.25, -0.2) is 4.39 Å². The van der Waals surface area contributed by atoms with E-state index >= 15 is 0 Å². The minimum atomic E-state index is -0.383. The van der Waals surface area contributed by atoms with Crippen molar-refractivity contribution >= 4 is 17.5 Å². The van der Waals surface area contributed by atoms with Gasteiger partial charge in [-0.3, -0.25) is 19.4 Å². The Morgan fingerprint density at radius 1 is 0.893 bits per heavy atom. The zero-order valence-electron chi connectivity index (χ0n) is 15.8. The number of amides is 2. The predicted octanol–water partition coefficient (Wildman–Crippen LogP) is 2.32. The number of para-hydroxylation sites is 1. The first-order chi connectivity index (χ1) is 13.6. The highest BCUT2D eigenvalue weighted by Crippen LogP contribution is 2.24. The van der Waals surface area contributed by atoms with Crippen molar-refractivity contribution in [1.82, 2.24) is 9.80 Å². The van der Waals surface area contributed by atoms with Crippen LogP contribution in [0.3, 0.4) is 0 Å². The molecular formula is C22H24FN3O2. The molecule has 28 heavy (non-hydrogen) atoms. The van der Waals surface area contributed by atoms with Crippen LogP contribution in [-0.2, 0) is 16.0 Å². The van der Waals surface area contributed by atoms with E-state index in [1.165, 1.54) is 11.0 Å². The molecule has 0 N–H and O–H groups in total. The zero-order valence-corrected chi connectivity index (χ0v) is 15.8. The molecule has 2 saturated heterocycles. The van der Waals surface area contributed by atoms with Gasteiger partial charge in [0.05, 0.1) is 18.2 Å². The third kappa shape index (κ3) is 3.78. The highest BCUT2D eigenvalue weighted by molar-refractivity contribution is 6.05. The molecule has 0 radical (unpaired) electrons. The Bertz CT molecular complexity index is 850. The Labute approximate surface area is 164 Å². The van der Waals surface area contributed by atoms with Crippen LogP contribution in [0.5, 0.6) is 0 Å². The van der Waals surface area contributed by atoms with Gasteiger partial charge >= 0.3 is 0 Å². The maximum Gasteiger partial charge on any atom is 0.247 e. The lowest BCUT2D eigenvalue weighted by Gasteiger charge is -2.38. The molecule has 2 fully saturated rings. The first-order valence-electron chi connectivity index (χ1n) is 9.75. The number of benzene rings is 2. The van der Waals surface area contributed by atoms with Crippen molar-refractivity contribution in [3.8, 4) is 0 Å². The van der Waals surface area contributed by atoms with Gasteiger partial charge in [-0.1, -0.05) is 42.5 Å². The molecule has 2 aromatic carbocycles. The van der Waals surface area contributed by atoms with E-state index in [-0.39, 0.29) is 30.1 Å². The van der Waals surface area contributed by atoms with E-state index in [0.717, 1.165) is 5.56 Å². The number of halogens is 1. The number of piperazine rings is 1. The standard InChI is InChI=1S/C22H24FN3O2/c23-18-8-4-5-9-19(18)24-12-14-25(15-13-24)20-16-21(27)26(22(20)28)11-10-17-6-2-1-3-7-17/h1-9,20H,10-16H2/t20-/m1/s1. The number of carbonyl (C=O) groups is 2. The Hall–Kier alpha value is -2.73. The van der Waals surface area contributed by atoms with E-state index in [9.17, 15) is 14.0 Å². The van der Waals surface area contributed by atoms with Gasteiger partial charge in [0.15, 0.2) is 0 Å². The second-order valence-corrected chi connectivity index (χ2v) is 7.31. The van der Waals surface area contributed by atoms with E-state index in [1.807, 2.05) is 41.3 Å². The Kier molecular flexibility index (Phi) is 5.39. The highest BCUT2D eigenvalue weighted by atomic mass is 19.1. The number of rotatable bonds is 5. The summed E-state index contributed by atoms with van der Waals surface area (Å²) in [5.74, 6) is -0.419. The smallest absolute Gasteiger partial charge is 0.247 e. The predicted molar refractivity (Wildman–Crippen MR) is 105 cm³/mol. The van der Waals surface area contributed by atoms with Gasteiger partial charge < -0.3 is 4.90 Å². The molecule has 2 aliphatic rings. The van der Waals surface area contributed by atoms with Crippen LogP contribution in [0.25, 0.3) is 0 Å². The summed E-state index contributed by atoms with van der Waals surface area (Å²) >= 11 is 0. The van der Waals surface area contributed by atoms with Gasteiger partial charge in [-0.2, -0.15) is 0 Å². The third-order valence-corrected chi connectivity index (χ3v) is 5.64. The first-order valence-corrected chi connectivity index (χ1v) is 9.75. The van der Waals surface area contributed by atoms with E-state index < -0.39 is 0 Å². The Morgan fingerprint density at radius 2 is 1.57 bits per heavy atom. The Balaban J connectivity index is 1.35. The molecule has 0 aromatic heterocycles. The van der Waals surface area contributed by atoms with Crippen LogP contribution in [0.15, 0.2) is 54.6 Å². The average molecular weight is 381 g/mol. The SMILES string of the molecule is O=C1C[C@@H](N2CCN(c3ccccc3F)CC2)C(=O)N1CCc1ccccc1. The first kappa shape index (κ1) is 18.6. The summed E-state index contributed by atoms with van der Waals surface area (Å²) in [7, 11) is 0. The molecule has 0 bridgehead atoms. The molecule has 0 spiro atoms. The van der Waals surface area contributed by atoms with E-state index in [1.54, 1.807) is 12.1 Å². The molecule has 6 heteroatoms. The largest absolute Gasteiger partial charge is 0.367 e. The van der Waals surface area contributed by atoms with Crippen molar-refractivity contribution in [3.05, 3.63) is 66.0 Å². The lowest BCUT2D eigenvalue weighted by atomic mass is 10.1. The summed E-state index contributed by atoms with van der Waals surface area (Å²) in [6.07, 6.45) is 0.916. The van der Waals surface area contributed by atoms with Crippen LogP contribution in [0.2, 0.25) is 0 Å². The van der Waals surface area contributed by atoms with Crippen molar-refractivity contribution in [2.24, 2.45) is 0 Å². The maximum atomic E-state index is 14.0. The molecule has 0 saturated carbocycles. The lowest BCUT2D eigenvalue weighted by Crippen LogP contribution is -2.52. The number of hydrogen-bond acceptors (Lipinski definition) is 4. The number of hydrogen-bond donors (Lipinski definition) is 0. The number of carbonyl (C=O) groups excluding carboxylic acids is 2. The summed E-state index contributed by atoms with van der Waals surface area (Å²) in [5, 5.41) is 0. The molecule has 5 nitrogen and oxygen atoms in total.